The molecule has 0 N–H and O–H groups in total. The van der Waals surface area contributed by atoms with E-state index in [1.165, 1.54) is 16.3 Å². The summed E-state index contributed by atoms with van der Waals surface area (Å²) < 4.78 is 6.50. The van der Waals surface area contributed by atoms with E-state index in [9.17, 15) is 0 Å². The molecule has 10 aromatic carbocycles. The van der Waals surface area contributed by atoms with Gasteiger partial charge in [-0.2, -0.15) is 0 Å². The van der Waals surface area contributed by atoms with Crippen LogP contribution in [0, 0.1) is 0 Å². The molecule has 0 unspecified atom stereocenters. The van der Waals surface area contributed by atoms with Crippen molar-refractivity contribution in [1.29, 1.82) is 0 Å². The van der Waals surface area contributed by atoms with Gasteiger partial charge in [0.1, 0.15) is 11.2 Å². The van der Waals surface area contributed by atoms with E-state index in [-0.39, 0.29) is 0 Å². The Morgan fingerprint density at radius 1 is 0.231 bits per heavy atom. The first-order chi connectivity index (χ1) is 32.2. The molecule has 0 atom stereocenters. The van der Waals surface area contributed by atoms with Crippen LogP contribution in [0.15, 0.2) is 241 Å². The zero-order valence-corrected chi connectivity index (χ0v) is 35.3. The number of benzene rings is 10. The Bertz CT molecular complexity index is 3620. The summed E-state index contributed by atoms with van der Waals surface area (Å²) in [6, 6.07) is 82.8. The topological polar surface area (TPSA) is 51.8 Å². The number of aromatic nitrogens is 3. The SMILES string of the molecule is c1ccc(-c2ccccc2-c2nc(-c3cccc(-c4cccc(-c5ccc(-c6cccc7c6oc6ccccc67)c6ccccc56)c4)c3)nc(-c3ccccc3-c3ccccc3)n2)cc1. The van der Waals surface area contributed by atoms with Crippen LogP contribution in [-0.4, -0.2) is 15.0 Å². The fourth-order valence-electron chi connectivity index (χ4n) is 9.29. The zero-order chi connectivity index (χ0) is 43.1. The van der Waals surface area contributed by atoms with Crippen molar-refractivity contribution in [1.82, 2.24) is 15.0 Å². The van der Waals surface area contributed by atoms with Crippen LogP contribution in [0.2, 0.25) is 0 Å². The molecule has 0 bridgehead atoms. The molecule has 0 radical (unpaired) electrons. The quantitative estimate of drug-likeness (QED) is 0.153. The molecule has 0 amide bonds. The second kappa shape index (κ2) is 16.2. The van der Waals surface area contributed by atoms with Crippen LogP contribution in [0.5, 0.6) is 0 Å². The monoisotopic (exact) mass is 829 g/mol. The molecule has 0 saturated carbocycles. The van der Waals surface area contributed by atoms with Crippen LogP contribution in [0.4, 0.5) is 0 Å². The summed E-state index contributed by atoms with van der Waals surface area (Å²) in [5.41, 5.74) is 15.6. The minimum atomic E-state index is 0.606. The molecule has 12 rings (SSSR count). The molecule has 0 saturated heterocycles. The van der Waals surface area contributed by atoms with Gasteiger partial charge >= 0.3 is 0 Å². The highest BCUT2D eigenvalue weighted by Crippen LogP contribution is 2.42. The minimum absolute atomic E-state index is 0.606. The minimum Gasteiger partial charge on any atom is -0.455 e. The van der Waals surface area contributed by atoms with Gasteiger partial charge in [-0.05, 0) is 79.0 Å². The van der Waals surface area contributed by atoms with Crippen LogP contribution in [-0.2, 0) is 0 Å². The fraction of sp³-hybridized carbons (Fsp3) is 0. The van der Waals surface area contributed by atoms with E-state index in [1.807, 2.05) is 36.4 Å². The summed E-state index contributed by atoms with van der Waals surface area (Å²) in [6.45, 7) is 0. The fourth-order valence-corrected chi connectivity index (χ4v) is 9.29. The van der Waals surface area contributed by atoms with Crippen molar-refractivity contribution in [2.24, 2.45) is 0 Å². The van der Waals surface area contributed by atoms with Crippen molar-refractivity contribution in [3.05, 3.63) is 237 Å². The maximum atomic E-state index is 6.50. The molecule has 4 heteroatoms. The lowest BCUT2D eigenvalue weighted by molar-refractivity contribution is 0.670. The van der Waals surface area contributed by atoms with E-state index in [0.717, 1.165) is 88.7 Å². The van der Waals surface area contributed by atoms with Crippen molar-refractivity contribution < 1.29 is 4.42 Å². The largest absolute Gasteiger partial charge is 0.455 e. The van der Waals surface area contributed by atoms with Crippen LogP contribution in [0.3, 0.4) is 0 Å². The van der Waals surface area contributed by atoms with E-state index in [4.69, 9.17) is 19.4 Å². The summed E-state index contributed by atoms with van der Waals surface area (Å²) >= 11 is 0. The summed E-state index contributed by atoms with van der Waals surface area (Å²) in [4.78, 5) is 15.8. The summed E-state index contributed by atoms with van der Waals surface area (Å²) in [7, 11) is 0. The third kappa shape index (κ3) is 6.95. The van der Waals surface area contributed by atoms with Crippen molar-refractivity contribution in [3.63, 3.8) is 0 Å². The predicted molar refractivity (Wildman–Crippen MR) is 268 cm³/mol. The Kier molecular flexibility index (Phi) is 9.46. The predicted octanol–water partition coefficient (Wildman–Crippen LogP) is 16.3. The van der Waals surface area contributed by atoms with Gasteiger partial charge in [-0.3, -0.25) is 0 Å². The highest BCUT2D eigenvalue weighted by molar-refractivity contribution is 6.13. The van der Waals surface area contributed by atoms with Crippen LogP contribution in [0.25, 0.3) is 123 Å². The van der Waals surface area contributed by atoms with E-state index < -0.39 is 0 Å². The molecule has 2 aromatic heterocycles. The van der Waals surface area contributed by atoms with Crippen molar-refractivity contribution in [2.45, 2.75) is 0 Å². The Hall–Kier alpha value is -8.73. The van der Waals surface area contributed by atoms with Crippen molar-refractivity contribution >= 4 is 32.7 Å². The molecule has 0 fully saturated rings. The van der Waals surface area contributed by atoms with Gasteiger partial charge in [0.05, 0.1) is 0 Å². The zero-order valence-electron chi connectivity index (χ0n) is 35.3. The van der Waals surface area contributed by atoms with Crippen molar-refractivity contribution in [3.8, 4) is 89.8 Å². The number of para-hydroxylation sites is 2. The summed E-state index contributed by atoms with van der Waals surface area (Å²) in [5.74, 6) is 1.84. The second-order valence-electron chi connectivity index (χ2n) is 16.3. The number of nitrogens with zero attached hydrogens (tertiary/aromatic N) is 3. The Labute approximate surface area is 376 Å². The molecular formula is C61H39N3O. The number of hydrogen-bond acceptors (Lipinski definition) is 4. The van der Waals surface area contributed by atoms with Gasteiger partial charge in [0, 0.05) is 33.0 Å². The molecule has 304 valence electrons. The highest BCUT2D eigenvalue weighted by Gasteiger charge is 2.19. The van der Waals surface area contributed by atoms with Crippen LogP contribution in [0.1, 0.15) is 0 Å². The standard InChI is InChI=1S/C61H39N3O/c1-3-18-40(19-4-1)46-26-7-11-31-55(46)60-62-59(63-61(64-60)56-32-12-8-27-47(56)41-20-5-2-6-21-41)45-25-16-23-43(39-45)42-22-15-24-44(38-42)48-36-37-51(50-29-10-9-28-49(48)50)53-33-17-34-54-52-30-13-14-35-57(52)65-58(53)54/h1-39H. The van der Waals surface area contributed by atoms with E-state index in [2.05, 4.69) is 200 Å². The molecule has 0 spiro atoms. The Morgan fingerprint density at radius 3 is 1.29 bits per heavy atom. The average Bonchev–Trinajstić information content (AvgIpc) is 3.78. The molecule has 4 nitrogen and oxygen atoms in total. The van der Waals surface area contributed by atoms with Gasteiger partial charge in [0.25, 0.3) is 0 Å². The number of furan rings is 1. The molecule has 65 heavy (non-hydrogen) atoms. The summed E-state index contributed by atoms with van der Waals surface area (Å²) in [5, 5.41) is 4.61. The van der Waals surface area contributed by atoms with Crippen LogP contribution >= 0.6 is 0 Å². The van der Waals surface area contributed by atoms with Gasteiger partial charge in [-0.1, -0.05) is 218 Å². The Balaban J connectivity index is 0.968. The third-order valence-corrected chi connectivity index (χ3v) is 12.4. The first-order valence-corrected chi connectivity index (χ1v) is 21.9. The normalized spacial score (nSPS) is 11.4. The smallest absolute Gasteiger partial charge is 0.164 e. The molecule has 0 aliphatic rings. The lowest BCUT2D eigenvalue weighted by Gasteiger charge is -2.15. The van der Waals surface area contributed by atoms with Gasteiger partial charge in [0.15, 0.2) is 17.5 Å². The van der Waals surface area contributed by atoms with E-state index in [1.54, 1.807) is 0 Å². The lowest BCUT2D eigenvalue weighted by atomic mass is 9.90. The Morgan fingerprint density at radius 2 is 0.646 bits per heavy atom. The van der Waals surface area contributed by atoms with Crippen LogP contribution < -0.4 is 0 Å². The van der Waals surface area contributed by atoms with E-state index in [0.29, 0.717) is 17.5 Å². The first-order valence-electron chi connectivity index (χ1n) is 21.9. The lowest BCUT2D eigenvalue weighted by Crippen LogP contribution is -2.02. The number of fused-ring (bicyclic) bond motifs is 4. The second-order valence-corrected chi connectivity index (χ2v) is 16.3. The molecule has 0 aliphatic carbocycles. The van der Waals surface area contributed by atoms with E-state index >= 15 is 0 Å². The number of rotatable bonds is 8. The maximum Gasteiger partial charge on any atom is 0.164 e. The third-order valence-electron chi connectivity index (χ3n) is 12.4. The van der Waals surface area contributed by atoms with Gasteiger partial charge < -0.3 is 4.42 Å². The van der Waals surface area contributed by atoms with Gasteiger partial charge in [-0.15, -0.1) is 0 Å². The first kappa shape index (κ1) is 38.0. The van der Waals surface area contributed by atoms with Gasteiger partial charge in [0.2, 0.25) is 0 Å². The molecule has 0 aliphatic heterocycles. The maximum absolute atomic E-state index is 6.50. The van der Waals surface area contributed by atoms with Crippen molar-refractivity contribution in [2.75, 3.05) is 0 Å². The molecular weight excluding hydrogens is 791 g/mol. The summed E-state index contributed by atoms with van der Waals surface area (Å²) in [6.07, 6.45) is 0. The molecule has 2 heterocycles. The average molecular weight is 830 g/mol. The number of hydrogen-bond donors (Lipinski definition) is 0. The molecule has 12 aromatic rings. The highest BCUT2D eigenvalue weighted by atomic mass is 16.3. The van der Waals surface area contributed by atoms with Gasteiger partial charge in [-0.25, -0.2) is 15.0 Å².